The van der Waals surface area contributed by atoms with Gasteiger partial charge in [-0.2, -0.15) is 0 Å². The normalized spacial score (nSPS) is 23.1. The molecule has 0 unspecified atom stereocenters. The van der Waals surface area contributed by atoms with E-state index in [0.29, 0.717) is 6.04 Å². The van der Waals surface area contributed by atoms with E-state index in [1.807, 2.05) is 0 Å². The summed E-state index contributed by atoms with van der Waals surface area (Å²) in [5, 5.41) is 9.03. The molecule has 19 heavy (non-hydrogen) atoms. The predicted octanol–water partition coefficient (Wildman–Crippen LogP) is 3.38. The van der Waals surface area contributed by atoms with Crippen LogP contribution >= 0.6 is 0 Å². The summed E-state index contributed by atoms with van der Waals surface area (Å²) in [5.41, 5.74) is 3.86. The highest BCUT2D eigenvalue weighted by Gasteiger charge is 2.28. The van der Waals surface area contributed by atoms with Crippen LogP contribution in [0.3, 0.4) is 0 Å². The SMILES string of the molecule is Cc1ccc(N(C)C2CCC(C(=O)O)CC2)cc1C. The second-order valence-corrected chi connectivity index (χ2v) is 5.72. The van der Waals surface area contributed by atoms with Crippen LogP contribution in [0.15, 0.2) is 18.2 Å². The number of carbonyl (C=O) groups is 1. The van der Waals surface area contributed by atoms with E-state index < -0.39 is 5.97 Å². The molecule has 1 aliphatic carbocycles. The molecule has 1 aromatic rings. The first kappa shape index (κ1) is 13.9. The summed E-state index contributed by atoms with van der Waals surface area (Å²) in [6.45, 7) is 4.26. The Kier molecular flexibility index (Phi) is 4.13. The van der Waals surface area contributed by atoms with Crippen LogP contribution in [0.4, 0.5) is 5.69 Å². The minimum atomic E-state index is -0.632. The molecule has 3 nitrogen and oxygen atoms in total. The Morgan fingerprint density at radius 1 is 1.16 bits per heavy atom. The second kappa shape index (κ2) is 5.64. The van der Waals surface area contributed by atoms with Gasteiger partial charge in [-0.3, -0.25) is 4.79 Å². The number of aliphatic carboxylic acids is 1. The van der Waals surface area contributed by atoms with Crippen LogP contribution in [0.5, 0.6) is 0 Å². The van der Waals surface area contributed by atoms with Crippen LogP contribution in [0.2, 0.25) is 0 Å². The Hall–Kier alpha value is -1.51. The molecule has 104 valence electrons. The van der Waals surface area contributed by atoms with Gasteiger partial charge in [0.05, 0.1) is 5.92 Å². The van der Waals surface area contributed by atoms with E-state index in [4.69, 9.17) is 5.11 Å². The fraction of sp³-hybridized carbons (Fsp3) is 0.562. The van der Waals surface area contributed by atoms with Crippen LogP contribution in [0.25, 0.3) is 0 Å². The molecule has 0 saturated heterocycles. The molecular weight excluding hydrogens is 238 g/mol. The van der Waals surface area contributed by atoms with Crippen molar-refractivity contribution in [1.29, 1.82) is 0 Å². The van der Waals surface area contributed by atoms with Gasteiger partial charge in [0.15, 0.2) is 0 Å². The van der Waals surface area contributed by atoms with E-state index in [-0.39, 0.29) is 5.92 Å². The van der Waals surface area contributed by atoms with Crippen molar-refractivity contribution < 1.29 is 9.90 Å². The van der Waals surface area contributed by atoms with Crippen molar-refractivity contribution in [3.8, 4) is 0 Å². The summed E-state index contributed by atoms with van der Waals surface area (Å²) in [6, 6.07) is 7.01. The summed E-state index contributed by atoms with van der Waals surface area (Å²) < 4.78 is 0. The fourth-order valence-corrected chi connectivity index (χ4v) is 2.87. The Bertz CT molecular complexity index is 462. The summed E-state index contributed by atoms with van der Waals surface area (Å²) in [6.07, 6.45) is 3.55. The molecule has 0 aliphatic heterocycles. The zero-order chi connectivity index (χ0) is 14.0. The van der Waals surface area contributed by atoms with Gasteiger partial charge in [0.25, 0.3) is 0 Å². The molecular formula is C16H23NO2. The molecule has 3 heteroatoms. The molecule has 0 atom stereocenters. The number of rotatable bonds is 3. The van der Waals surface area contributed by atoms with Crippen molar-refractivity contribution in [2.45, 2.75) is 45.6 Å². The predicted molar refractivity (Wildman–Crippen MR) is 77.7 cm³/mol. The van der Waals surface area contributed by atoms with Gasteiger partial charge in [-0.05, 0) is 62.8 Å². The lowest BCUT2D eigenvalue weighted by atomic mass is 9.85. The first-order chi connectivity index (χ1) is 8.99. The van der Waals surface area contributed by atoms with Crippen molar-refractivity contribution in [1.82, 2.24) is 0 Å². The molecule has 1 fully saturated rings. The highest BCUT2D eigenvalue weighted by atomic mass is 16.4. The molecule has 0 amide bonds. The number of carboxylic acid groups (broad SMARTS) is 1. The van der Waals surface area contributed by atoms with E-state index in [9.17, 15) is 4.79 Å². The number of hydrogen-bond acceptors (Lipinski definition) is 2. The van der Waals surface area contributed by atoms with Crippen LogP contribution in [0, 0.1) is 19.8 Å². The Labute approximate surface area is 115 Å². The van der Waals surface area contributed by atoms with E-state index >= 15 is 0 Å². The van der Waals surface area contributed by atoms with Gasteiger partial charge in [-0.1, -0.05) is 6.07 Å². The van der Waals surface area contributed by atoms with E-state index in [0.717, 1.165) is 25.7 Å². The lowest BCUT2D eigenvalue weighted by molar-refractivity contribution is -0.142. The first-order valence-electron chi connectivity index (χ1n) is 7.02. The van der Waals surface area contributed by atoms with Crippen molar-refractivity contribution in [2.75, 3.05) is 11.9 Å². The molecule has 0 bridgehead atoms. The van der Waals surface area contributed by atoms with Crippen LogP contribution in [0.1, 0.15) is 36.8 Å². The lowest BCUT2D eigenvalue weighted by Crippen LogP contribution is -2.36. The molecule has 1 aliphatic rings. The van der Waals surface area contributed by atoms with Gasteiger partial charge in [0.2, 0.25) is 0 Å². The lowest BCUT2D eigenvalue weighted by Gasteiger charge is -2.35. The summed E-state index contributed by atoms with van der Waals surface area (Å²) in [7, 11) is 2.12. The third-order valence-electron chi connectivity index (χ3n) is 4.49. The maximum Gasteiger partial charge on any atom is 0.306 e. The number of nitrogens with zero attached hydrogens (tertiary/aromatic N) is 1. The van der Waals surface area contributed by atoms with Crippen molar-refractivity contribution in [2.24, 2.45) is 5.92 Å². The molecule has 0 aromatic heterocycles. The number of carboxylic acids is 1. The van der Waals surface area contributed by atoms with Crippen molar-refractivity contribution >= 4 is 11.7 Å². The molecule has 1 N–H and O–H groups in total. The van der Waals surface area contributed by atoms with Gasteiger partial charge >= 0.3 is 5.97 Å². The summed E-state index contributed by atoms with van der Waals surface area (Å²) in [4.78, 5) is 13.3. The second-order valence-electron chi connectivity index (χ2n) is 5.72. The average Bonchev–Trinajstić information content (AvgIpc) is 2.41. The van der Waals surface area contributed by atoms with Crippen LogP contribution < -0.4 is 4.90 Å². The fourth-order valence-electron chi connectivity index (χ4n) is 2.87. The minimum absolute atomic E-state index is 0.135. The Balaban J connectivity index is 2.02. The number of hydrogen-bond donors (Lipinski definition) is 1. The summed E-state index contributed by atoms with van der Waals surface area (Å²) >= 11 is 0. The number of aryl methyl sites for hydroxylation is 2. The van der Waals surface area contributed by atoms with Crippen LogP contribution in [-0.4, -0.2) is 24.2 Å². The molecule has 1 aromatic carbocycles. The third kappa shape index (κ3) is 3.09. The van der Waals surface area contributed by atoms with E-state index in [2.05, 4.69) is 44.0 Å². The molecule has 0 heterocycles. The molecule has 0 radical (unpaired) electrons. The Morgan fingerprint density at radius 3 is 2.32 bits per heavy atom. The zero-order valence-corrected chi connectivity index (χ0v) is 12.0. The zero-order valence-electron chi connectivity index (χ0n) is 12.0. The topological polar surface area (TPSA) is 40.5 Å². The Morgan fingerprint density at radius 2 is 1.79 bits per heavy atom. The maximum atomic E-state index is 11.0. The smallest absolute Gasteiger partial charge is 0.306 e. The van der Waals surface area contributed by atoms with Crippen molar-refractivity contribution in [3.63, 3.8) is 0 Å². The van der Waals surface area contributed by atoms with Gasteiger partial charge in [0, 0.05) is 18.8 Å². The average molecular weight is 261 g/mol. The molecule has 2 rings (SSSR count). The standard InChI is InChI=1S/C16H23NO2/c1-11-4-7-15(10-12(11)2)17(3)14-8-5-13(6-9-14)16(18)19/h4,7,10,13-14H,5-6,8-9H2,1-3H3,(H,18,19). The van der Waals surface area contributed by atoms with Gasteiger partial charge in [-0.15, -0.1) is 0 Å². The highest BCUT2D eigenvalue weighted by Crippen LogP contribution is 2.30. The van der Waals surface area contributed by atoms with Gasteiger partial charge in [0.1, 0.15) is 0 Å². The summed E-state index contributed by atoms with van der Waals surface area (Å²) in [5.74, 6) is -0.767. The molecule has 0 spiro atoms. The largest absolute Gasteiger partial charge is 0.481 e. The minimum Gasteiger partial charge on any atom is -0.481 e. The maximum absolute atomic E-state index is 11.0. The molecule has 1 saturated carbocycles. The van der Waals surface area contributed by atoms with Crippen molar-refractivity contribution in [3.05, 3.63) is 29.3 Å². The van der Waals surface area contributed by atoms with Crippen LogP contribution in [-0.2, 0) is 4.79 Å². The van der Waals surface area contributed by atoms with E-state index in [1.54, 1.807) is 0 Å². The number of anilines is 1. The van der Waals surface area contributed by atoms with Gasteiger partial charge < -0.3 is 10.0 Å². The monoisotopic (exact) mass is 261 g/mol. The third-order valence-corrected chi connectivity index (χ3v) is 4.49. The first-order valence-corrected chi connectivity index (χ1v) is 7.02. The number of benzene rings is 1. The highest BCUT2D eigenvalue weighted by molar-refractivity contribution is 5.70. The van der Waals surface area contributed by atoms with E-state index in [1.165, 1.54) is 16.8 Å². The quantitative estimate of drug-likeness (QED) is 0.906. The van der Waals surface area contributed by atoms with Gasteiger partial charge in [-0.25, -0.2) is 0 Å².